The van der Waals surface area contributed by atoms with Crippen LogP contribution in [0, 0.1) is 31.6 Å². The highest BCUT2D eigenvalue weighted by atomic mass is 32.2. The van der Waals surface area contributed by atoms with Crippen LogP contribution in [0.15, 0.2) is 46.3 Å². The van der Waals surface area contributed by atoms with Crippen LogP contribution >= 0.6 is 0 Å². The molecule has 0 atom stereocenters. The smallest absolute Gasteiger partial charge is 0.258 e. The Hall–Kier alpha value is -3.57. The molecule has 28 heavy (non-hydrogen) atoms. The molecule has 0 aliphatic heterocycles. The molecule has 0 saturated carbocycles. The topological polar surface area (TPSA) is 183 Å². The summed E-state index contributed by atoms with van der Waals surface area (Å²) >= 11 is 0. The molecule has 0 radical (unpaired) electrons. The highest BCUT2D eigenvalue weighted by Gasteiger charge is 2.30. The van der Waals surface area contributed by atoms with Crippen molar-refractivity contribution < 1.29 is 26.7 Å². The molecule has 0 amide bonds. The number of nitro benzene ring substituents is 2. The Labute approximate surface area is 158 Å². The average molecular weight is 426 g/mol. The van der Waals surface area contributed by atoms with Crippen molar-refractivity contribution in [2.45, 2.75) is 4.90 Å². The Morgan fingerprint density at radius 3 is 2.29 bits per heavy atom. The summed E-state index contributed by atoms with van der Waals surface area (Å²) in [5.74, 6) is 0. The van der Waals surface area contributed by atoms with E-state index in [1.807, 2.05) is 0 Å². The summed E-state index contributed by atoms with van der Waals surface area (Å²) in [6.07, 6.45) is 2.54. The fraction of sp³-hybridized carbons (Fsp3) is 0.0714. The van der Waals surface area contributed by atoms with Gasteiger partial charge in [0.1, 0.15) is 11.0 Å². The second-order valence-corrected chi connectivity index (χ2v) is 9.06. The maximum Gasteiger partial charge on any atom is 0.296 e. The van der Waals surface area contributed by atoms with Gasteiger partial charge in [0.15, 0.2) is 14.7 Å². The Morgan fingerprint density at radius 2 is 1.79 bits per heavy atom. The van der Waals surface area contributed by atoms with Crippen molar-refractivity contribution in [3.8, 4) is 6.07 Å². The molecule has 0 spiro atoms. The molecule has 0 unspecified atom stereocenters. The quantitative estimate of drug-likeness (QED) is 0.374. The average Bonchev–Trinajstić information content (AvgIpc) is 3.07. The second-order valence-electron chi connectivity index (χ2n) is 5.29. The zero-order chi connectivity index (χ0) is 21.3. The van der Waals surface area contributed by atoms with Gasteiger partial charge in [-0.1, -0.05) is 0 Å². The molecule has 1 aromatic heterocycles. The van der Waals surface area contributed by atoms with Crippen LogP contribution < -0.4 is 0 Å². The normalized spacial score (nSPS) is 12.4. The van der Waals surface area contributed by atoms with E-state index >= 15 is 0 Å². The predicted molar refractivity (Wildman–Crippen MR) is 95.2 cm³/mol. The summed E-state index contributed by atoms with van der Waals surface area (Å²) in [7, 11) is -8.59. The number of nitro groups is 2. The number of hydrogen-bond acceptors (Lipinski definition) is 9. The molecule has 2 rings (SSSR count). The van der Waals surface area contributed by atoms with E-state index in [0.29, 0.717) is 16.1 Å². The first-order valence-electron chi connectivity index (χ1n) is 7.07. The molecule has 0 aliphatic rings. The van der Waals surface area contributed by atoms with E-state index < -0.39 is 50.9 Å². The number of sulfone groups is 1. The van der Waals surface area contributed by atoms with Gasteiger partial charge in [-0.3, -0.25) is 20.2 Å². The number of rotatable bonds is 6. The van der Waals surface area contributed by atoms with Gasteiger partial charge in [0.25, 0.3) is 21.4 Å². The van der Waals surface area contributed by atoms with E-state index in [9.17, 15) is 37.1 Å². The lowest BCUT2D eigenvalue weighted by Gasteiger charge is -2.09. The Morgan fingerprint density at radius 1 is 1.14 bits per heavy atom. The van der Waals surface area contributed by atoms with Gasteiger partial charge in [-0.2, -0.15) is 5.26 Å². The Balaban J connectivity index is 2.74. The molecule has 0 saturated heterocycles. The summed E-state index contributed by atoms with van der Waals surface area (Å²) in [6, 6.07) is 5.83. The first kappa shape index (κ1) is 20.7. The fourth-order valence-electron chi connectivity index (χ4n) is 2.15. The van der Waals surface area contributed by atoms with Crippen LogP contribution in [-0.4, -0.2) is 36.9 Å². The van der Waals surface area contributed by atoms with Crippen molar-refractivity contribution in [3.63, 3.8) is 0 Å². The molecular weight excluding hydrogens is 416 g/mol. The first-order chi connectivity index (χ1) is 12.9. The minimum atomic E-state index is -4.64. The second kappa shape index (κ2) is 7.21. The van der Waals surface area contributed by atoms with Gasteiger partial charge < -0.3 is 0 Å². The lowest BCUT2D eigenvalue weighted by atomic mass is 10.3. The third-order valence-electron chi connectivity index (χ3n) is 3.42. The van der Waals surface area contributed by atoms with E-state index in [4.69, 9.17) is 5.26 Å². The van der Waals surface area contributed by atoms with Crippen LogP contribution in [0.3, 0.4) is 0 Å². The van der Waals surface area contributed by atoms with Crippen LogP contribution in [0.1, 0.15) is 5.69 Å². The number of benzene rings is 1. The Kier molecular flexibility index (Phi) is 5.34. The van der Waals surface area contributed by atoms with E-state index in [2.05, 4.69) is 0 Å². The lowest BCUT2D eigenvalue weighted by Crippen LogP contribution is -2.15. The third-order valence-corrected chi connectivity index (χ3v) is 6.18. The van der Waals surface area contributed by atoms with Crippen molar-refractivity contribution in [2.75, 3.05) is 6.26 Å². The summed E-state index contributed by atoms with van der Waals surface area (Å²) < 4.78 is 49.4. The number of allylic oxidation sites excluding steroid dienone is 1. The summed E-state index contributed by atoms with van der Waals surface area (Å²) in [5, 5.41) is 31.0. The minimum Gasteiger partial charge on any atom is -0.258 e. The van der Waals surface area contributed by atoms with E-state index in [1.54, 1.807) is 0 Å². The molecule has 14 heteroatoms. The molecule has 146 valence electrons. The van der Waals surface area contributed by atoms with Crippen molar-refractivity contribution in [1.29, 1.82) is 5.26 Å². The number of nitrogens with zero attached hydrogens (tertiary/aromatic N) is 4. The van der Waals surface area contributed by atoms with Crippen LogP contribution in [0.4, 0.5) is 11.4 Å². The van der Waals surface area contributed by atoms with Gasteiger partial charge in [0.05, 0.1) is 21.6 Å². The van der Waals surface area contributed by atoms with Gasteiger partial charge in [-0.15, -0.1) is 0 Å². The van der Waals surface area contributed by atoms with Crippen LogP contribution in [0.25, 0.3) is 6.08 Å². The van der Waals surface area contributed by atoms with Crippen LogP contribution in [0.2, 0.25) is 0 Å². The number of hydrogen-bond donors (Lipinski definition) is 0. The van der Waals surface area contributed by atoms with Gasteiger partial charge >= 0.3 is 0 Å². The summed E-state index contributed by atoms with van der Waals surface area (Å²) in [5.41, 5.74) is -1.96. The van der Waals surface area contributed by atoms with Crippen molar-refractivity contribution >= 4 is 37.3 Å². The highest BCUT2D eigenvalue weighted by Crippen LogP contribution is 2.30. The molecule has 0 bridgehead atoms. The van der Waals surface area contributed by atoms with Gasteiger partial charge in [0.2, 0.25) is 0 Å². The maximum atomic E-state index is 12.9. The minimum absolute atomic E-state index is 0.255. The number of aromatic nitrogens is 1. The molecule has 0 fully saturated rings. The Bertz CT molecular complexity index is 1270. The van der Waals surface area contributed by atoms with Crippen molar-refractivity contribution in [3.05, 3.63) is 67.4 Å². The SMILES string of the molecule is CS(=O)(=O)/C(C#N)=C/c1cccn1S(=O)(=O)c1ccc([N+](=O)[O-])cc1[N+](=O)[O-]. The molecule has 2 aromatic rings. The summed E-state index contributed by atoms with van der Waals surface area (Å²) in [4.78, 5) is 18.5. The molecule has 1 heterocycles. The van der Waals surface area contributed by atoms with E-state index in [0.717, 1.165) is 24.6 Å². The monoisotopic (exact) mass is 426 g/mol. The molecule has 0 N–H and O–H groups in total. The maximum absolute atomic E-state index is 12.9. The zero-order valence-corrected chi connectivity index (χ0v) is 15.5. The summed E-state index contributed by atoms with van der Waals surface area (Å²) in [6.45, 7) is 0. The van der Waals surface area contributed by atoms with Crippen LogP contribution in [-0.2, 0) is 19.9 Å². The lowest BCUT2D eigenvalue weighted by molar-refractivity contribution is -0.396. The zero-order valence-electron chi connectivity index (χ0n) is 13.9. The standard InChI is InChI=1S/C14H10N4O8S2/c1-27(23,24)12(9-15)7-10-3-2-6-16(10)28(25,26)14-5-4-11(17(19)20)8-13(14)18(21)22/h2-8H,1H3/b12-7+. The fourth-order valence-corrected chi connectivity index (χ4v) is 4.12. The molecule has 0 aliphatic carbocycles. The highest BCUT2D eigenvalue weighted by molar-refractivity contribution is 7.95. The van der Waals surface area contributed by atoms with Crippen LogP contribution in [0.5, 0.6) is 0 Å². The third kappa shape index (κ3) is 3.89. The van der Waals surface area contributed by atoms with E-state index in [1.165, 1.54) is 18.2 Å². The predicted octanol–water partition coefficient (Wildman–Crippen LogP) is 1.45. The molecule has 1 aromatic carbocycles. The number of nitriles is 1. The molecular formula is C14H10N4O8S2. The van der Waals surface area contributed by atoms with E-state index in [-0.39, 0.29) is 5.69 Å². The van der Waals surface area contributed by atoms with Crippen molar-refractivity contribution in [1.82, 2.24) is 3.97 Å². The first-order valence-corrected chi connectivity index (χ1v) is 10.4. The molecule has 12 nitrogen and oxygen atoms in total. The van der Waals surface area contributed by atoms with Gasteiger partial charge in [-0.25, -0.2) is 20.8 Å². The van der Waals surface area contributed by atoms with Gasteiger partial charge in [0, 0.05) is 18.5 Å². The van der Waals surface area contributed by atoms with Gasteiger partial charge in [-0.05, 0) is 24.3 Å². The number of non-ortho nitro benzene ring substituents is 1. The van der Waals surface area contributed by atoms with Crippen molar-refractivity contribution in [2.24, 2.45) is 0 Å². The largest absolute Gasteiger partial charge is 0.296 e.